The van der Waals surface area contributed by atoms with Gasteiger partial charge < -0.3 is 15.1 Å². The van der Waals surface area contributed by atoms with Crippen LogP contribution in [0, 0.1) is 0 Å². The largest absolute Gasteiger partial charge is 0.350 e. The molecule has 0 aliphatic carbocycles. The van der Waals surface area contributed by atoms with E-state index in [0.717, 1.165) is 43.9 Å². The summed E-state index contributed by atoms with van der Waals surface area (Å²) in [6, 6.07) is 4.00. The van der Waals surface area contributed by atoms with Crippen molar-refractivity contribution in [2.45, 2.75) is 19.4 Å². The Morgan fingerprint density at radius 3 is 2.74 bits per heavy atom. The molecule has 2 heterocycles. The van der Waals surface area contributed by atoms with E-state index in [1.54, 1.807) is 0 Å². The van der Waals surface area contributed by atoms with Gasteiger partial charge >= 0.3 is 0 Å². The number of rotatable bonds is 5. The highest BCUT2D eigenvalue weighted by molar-refractivity contribution is 5.81. The van der Waals surface area contributed by atoms with E-state index in [0.29, 0.717) is 6.54 Å². The predicted molar refractivity (Wildman–Crippen MR) is 76.1 cm³/mol. The molecule has 104 valence electrons. The van der Waals surface area contributed by atoms with Crippen LogP contribution in [0.25, 0.3) is 0 Å². The summed E-state index contributed by atoms with van der Waals surface area (Å²) in [4.78, 5) is 20.3. The molecule has 5 nitrogen and oxygen atoms in total. The molecule has 1 N–H and O–H groups in total. The average Bonchev–Trinajstić information content (AvgIpc) is 2.94. The van der Waals surface area contributed by atoms with E-state index >= 15 is 0 Å². The highest BCUT2D eigenvalue weighted by Gasteiger charge is 2.19. The van der Waals surface area contributed by atoms with Crippen molar-refractivity contribution >= 4 is 11.7 Å². The van der Waals surface area contributed by atoms with Gasteiger partial charge in [0, 0.05) is 32.9 Å². The van der Waals surface area contributed by atoms with Gasteiger partial charge in [-0.15, -0.1) is 0 Å². The minimum Gasteiger partial charge on any atom is -0.350 e. The molecule has 0 unspecified atom stereocenters. The minimum absolute atomic E-state index is 0.195. The van der Waals surface area contributed by atoms with Crippen molar-refractivity contribution in [3.8, 4) is 0 Å². The normalized spacial score (nSPS) is 14.7. The molecule has 0 spiro atoms. The summed E-state index contributed by atoms with van der Waals surface area (Å²) >= 11 is 0. The van der Waals surface area contributed by atoms with Gasteiger partial charge in [0.15, 0.2) is 0 Å². The zero-order valence-corrected chi connectivity index (χ0v) is 11.7. The fourth-order valence-corrected chi connectivity index (χ4v) is 2.30. The molecule has 2 rings (SSSR count). The molecule has 1 aliphatic heterocycles. The van der Waals surface area contributed by atoms with Crippen LogP contribution in [0.5, 0.6) is 0 Å². The molecule has 0 atom stereocenters. The third kappa shape index (κ3) is 3.67. The van der Waals surface area contributed by atoms with Crippen LogP contribution in [-0.2, 0) is 11.3 Å². The van der Waals surface area contributed by atoms with E-state index in [4.69, 9.17) is 0 Å². The van der Waals surface area contributed by atoms with Crippen molar-refractivity contribution in [3.63, 3.8) is 0 Å². The number of nitrogens with one attached hydrogen (secondary N) is 1. The van der Waals surface area contributed by atoms with Crippen LogP contribution in [0.1, 0.15) is 18.4 Å². The number of hydrogen-bond acceptors (Lipinski definition) is 4. The van der Waals surface area contributed by atoms with Gasteiger partial charge in [0.1, 0.15) is 5.82 Å². The standard InChI is InChI=1S/C14H22N4O/c1-15-9-12-5-6-13(16-10-12)17(2)11-14(19)18-7-3-4-8-18/h5-6,10,15H,3-4,7-9,11H2,1-2H3. The van der Waals surface area contributed by atoms with Gasteiger partial charge in [-0.25, -0.2) is 4.98 Å². The van der Waals surface area contributed by atoms with E-state index in [1.807, 2.05) is 42.2 Å². The number of pyridine rings is 1. The molecular formula is C14H22N4O. The first kappa shape index (κ1) is 13.8. The first-order chi connectivity index (χ1) is 9.20. The molecule has 5 heteroatoms. The van der Waals surface area contributed by atoms with Crippen LogP contribution in [0.15, 0.2) is 18.3 Å². The van der Waals surface area contributed by atoms with E-state index in [1.165, 1.54) is 0 Å². The second-order valence-corrected chi connectivity index (χ2v) is 5.00. The third-order valence-corrected chi connectivity index (χ3v) is 3.41. The van der Waals surface area contributed by atoms with Crippen molar-refractivity contribution in [3.05, 3.63) is 23.9 Å². The van der Waals surface area contributed by atoms with Crippen LogP contribution < -0.4 is 10.2 Å². The monoisotopic (exact) mass is 262 g/mol. The summed E-state index contributed by atoms with van der Waals surface area (Å²) in [6.45, 7) is 3.02. The van der Waals surface area contributed by atoms with Crippen LogP contribution in [-0.4, -0.2) is 49.5 Å². The maximum atomic E-state index is 12.0. The number of likely N-dealkylation sites (tertiary alicyclic amines) is 1. The molecule has 1 saturated heterocycles. The first-order valence-corrected chi connectivity index (χ1v) is 6.79. The third-order valence-electron chi connectivity index (χ3n) is 3.41. The van der Waals surface area contributed by atoms with E-state index < -0.39 is 0 Å². The van der Waals surface area contributed by atoms with E-state index in [-0.39, 0.29) is 5.91 Å². The second-order valence-electron chi connectivity index (χ2n) is 5.00. The second kappa shape index (κ2) is 6.52. The van der Waals surface area contributed by atoms with E-state index in [2.05, 4.69) is 10.3 Å². The fraction of sp³-hybridized carbons (Fsp3) is 0.571. The fourth-order valence-electron chi connectivity index (χ4n) is 2.30. The Hall–Kier alpha value is -1.62. The molecule has 1 fully saturated rings. The number of carbonyl (C=O) groups excluding carboxylic acids is 1. The molecule has 1 aromatic heterocycles. The molecule has 0 saturated carbocycles. The van der Waals surface area contributed by atoms with Crippen molar-refractivity contribution in [1.82, 2.24) is 15.2 Å². The van der Waals surface area contributed by atoms with Crippen molar-refractivity contribution in [2.75, 3.05) is 38.6 Å². The lowest BCUT2D eigenvalue weighted by molar-refractivity contribution is -0.128. The van der Waals surface area contributed by atoms with Gasteiger partial charge in [-0.2, -0.15) is 0 Å². The smallest absolute Gasteiger partial charge is 0.242 e. The van der Waals surface area contributed by atoms with Crippen LogP contribution in [0.4, 0.5) is 5.82 Å². The zero-order valence-electron chi connectivity index (χ0n) is 11.7. The Morgan fingerprint density at radius 2 is 2.16 bits per heavy atom. The van der Waals surface area contributed by atoms with E-state index in [9.17, 15) is 4.79 Å². The van der Waals surface area contributed by atoms with Crippen molar-refractivity contribution in [1.29, 1.82) is 0 Å². The number of aromatic nitrogens is 1. The Balaban J connectivity index is 1.91. The molecule has 1 aromatic rings. The highest BCUT2D eigenvalue weighted by atomic mass is 16.2. The van der Waals surface area contributed by atoms with Gasteiger partial charge in [0.2, 0.25) is 5.91 Å². The average molecular weight is 262 g/mol. The maximum Gasteiger partial charge on any atom is 0.242 e. The lowest BCUT2D eigenvalue weighted by Gasteiger charge is -2.22. The Morgan fingerprint density at radius 1 is 1.42 bits per heavy atom. The summed E-state index contributed by atoms with van der Waals surface area (Å²) < 4.78 is 0. The summed E-state index contributed by atoms with van der Waals surface area (Å²) in [5.74, 6) is 1.04. The lowest BCUT2D eigenvalue weighted by atomic mass is 10.3. The Kier molecular flexibility index (Phi) is 4.74. The quantitative estimate of drug-likeness (QED) is 0.855. The Bertz CT molecular complexity index is 412. The van der Waals surface area contributed by atoms with Gasteiger partial charge in [-0.1, -0.05) is 6.07 Å². The summed E-state index contributed by atoms with van der Waals surface area (Å²) in [7, 11) is 3.82. The Labute approximate surface area is 114 Å². The molecule has 0 bridgehead atoms. The van der Waals surface area contributed by atoms with Crippen LogP contribution in [0.2, 0.25) is 0 Å². The number of hydrogen-bond donors (Lipinski definition) is 1. The highest BCUT2D eigenvalue weighted by Crippen LogP contribution is 2.12. The maximum absolute atomic E-state index is 12.0. The van der Waals surface area contributed by atoms with Crippen molar-refractivity contribution in [2.24, 2.45) is 0 Å². The van der Waals surface area contributed by atoms with Crippen molar-refractivity contribution < 1.29 is 4.79 Å². The number of nitrogens with zero attached hydrogens (tertiary/aromatic N) is 3. The minimum atomic E-state index is 0.195. The SMILES string of the molecule is CNCc1ccc(N(C)CC(=O)N2CCCC2)nc1. The van der Waals surface area contributed by atoms with Crippen LogP contribution >= 0.6 is 0 Å². The number of amides is 1. The van der Waals surface area contributed by atoms with Gasteiger partial charge in [0.05, 0.1) is 6.54 Å². The number of anilines is 1. The lowest BCUT2D eigenvalue weighted by Crippen LogP contribution is -2.37. The zero-order chi connectivity index (χ0) is 13.7. The molecular weight excluding hydrogens is 240 g/mol. The number of likely N-dealkylation sites (N-methyl/N-ethyl adjacent to an activating group) is 1. The van der Waals surface area contributed by atoms with Crippen LogP contribution in [0.3, 0.4) is 0 Å². The number of carbonyl (C=O) groups is 1. The summed E-state index contributed by atoms with van der Waals surface area (Å²) in [5.41, 5.74) is 1.14. The molecule has 1 amide bonds. The summed E-state index contributed by atoms with van der Waals surface area (Å²) in [5, 5.41) is 3.09. The van der Waals surface area contributed by atoms with Gasteiger partial charge in [-0.3, -0.25) is 4.79 Å². The van der Waals surface area contributed by atoms with Gasteiger partial charge in [-0.05, 0) is 31.5 Å². The van der Waals surface area contributed by atoms with Gasteiger partial charge in [0.25, 0.3) is 0 Å². The predicted octanol–water partition coefficient (Wildman–Crippen LogP) is 0.860. The summed E-state index contributed by atoms with van der Waals surface area (Å²) in [6.07, 6.45) is 4.11. The first-order valence-electron chi connectivity index (χ1n) is 6.79. The molecule has 19 heavy (non-hydrogen) atoms. The molecule has 0 aromatic carbocycles. The topological polar surface area (TPSA) is 48.5 Å². The molecule has 1 aliphatic rings. The molecule has 0 radical (unpaired) electrons.